The van der Waals surface area contributed by atoms with Gasteiger partial charge in [0.05, 0.1) is 11.8 Å². The van der Waals surface area contributed by atoms with Crippen LogP contribution in [-0.4, -0.2) is 26.4 Å². The Hall–Kier alpha value is -2.12. The molecule has 0 saturated heterocycles. The number of carbonyl (C=O) groups excluding carboxylic acids is 1. The van der Waals surface area contributed by atoms with Gasteiger partial charge in [-0.2, -0.15) is 0 Å². The third-order valence-corrected chi connectivity index (χ3v) is 5.77. The van der Waals surface area contributed by atoms with E-state index in [-0.39, 0.29) is 11.9 Å². The summed E-state index contributed by atoms with van der Waals surface area (Å²) < 4.78 is 2.94. The van der Waals surface area contributed by atoms with Gasteiger partial charge in [0.15, 0.2) is 11.0 Å². The molecular formula is C20H21BrN4OS. The first kappa shape index (κ1) is 19.6. The van der Waals surface area contributed by atoms with E-state index >= 15 is 0 Å². The zero-order chi connectivity index (χ0) is 19.4. The van der Waals surface area contributed by atoms with Crippen molar-refractivity contribution in [2.24, 2.45) is 7.05 Å². The number of rotatable bonds is 6. The monoisotopic (exact) mass is 444 g/mol. The maximum absolute atomic E-state index is 12.3. The first-order valence-corrected chi connectivity index (χ1v) is 10.4. The minimum absolute atomic E-state index is 0.0321. The van der Waals surface area contributed by atoms with Crippen LogP contribution in [-0.2, 0) is 11.8 Å². The van der Waals surface area contributed by atoms with E-state index in [1.165, 1.54) is 17.3 Å². The lowest BCUT2D eigenvalue weighted by Crippen LogP contribution is -2.28. The summed E-state index contributed by atoms with van der Waals surface area (Å²) in [5.41, 5.74) is 3.28. The molecule has 0 fully saturated rings. The maximum atomic E-state index is 12.3. The molecule has 1 unspecified atom stereocenters. The Morgan fingerprint density at radius 3 is 2.48 bits per heavy atom. The van der Waals surface area contributed by atoms with E-state index in [4.69, 9.17) is 0 Å². The van der Waals surface area contributed by atoms with Crippen LogP contribution in [0.3, 0.4) is 0 Å². The number of aromatic nitrogens is 3. The van der Waals surface area contributed by atoms with E-state index in [0.717, 1.165) is 26.6 Å². The zero-order valence-corrected chi connectivity index (χ0v) is 17.8. The number of halogens is 1. The van der Waals surface area contributed by atoms with Crippen molar-refractivity contribution in [2.75, 3.05) is 5.75 Å². The molecule has 3 rings (SSSR count). The fraction of sp³-hybridized carbons (Fsp3) is 0.250. The van der Waals surface area contributed by atoms with Crippen LogP contribution >= 0.6 is 27.7 Å². The van der Waals surface area contributed by atoms with Gasteiger partial charge in [0.2, 0.25) is 5.91 Å². The standard InChI is InChI=1S/C20H21BrN4OS/c1-13-4-6-16(7-5-13)19-23-24-20(25(19)3)27-12-18(26)22-14(2)15-8-10-17(21)11-9-15/h4-11,14H,12H2,1-3H3,(H,22,26). The van der Waals surface area contributed by atoms with Crippen molar-refractivity contribution in [1.82, 2.24) is 20.1 Å². The molecule has 27 heavy (non-hydrogen) atoms. The van der Waals surface area contributed by atoms with Crippen LogP contribution in [0.4, 0.5) is 0 Å². The lowest BCUT2D eigenvalue weighted by atomic mass is 10.1. The van der Waals surface area contributed by atoms with Crippen molar-refractivity contribution in [3.63, 3.8) is 0 Å². The normalized spacial score (nSPS) is 12.0. The molecule has 5 nitrogen and oxygen atoms in total. The Balaban J connectivity index is 1.59. The first-order chi connectivity index (χ1) is 12.9. The van der Waals surface area contributed by atoms with E-state index in [9.17, 15) is 4.79 Å². The van der Waals surface area contributed by atoms with E-state index < -0.39 is 0 Å². The summed E-state index contributed by atoms with van der Waals surface area (Å²) in [5.74, 6) is 1.05. The largest absolute Gasteiger partial charge is 0.349 e. The number of amides is 1. The molecule has 0 saturated carbocycles. The van der Waals surface area contributed by atoms with Gasteiger partial charge in [-0.05, 0) is 31.5 Å². The highest BCUT2D eigenvalue weighted by atomic mass is 79.9. The molecule has 1 amide bonds. The Labute approximate surface area is 171 Å². The van der Waals surface area contributed by atoms with Gasteiger partial charge in [0.25, 0.3) is 0 Å². The van der Waals surface area contributed by atoms with Crippen LogP contribution in [0.2, 0.25) is 0 Å². The van der Waals surface area contributed by atoms with Crippen LogP contribution in [0.15, 0.2) is 58.2 Å². The number of nitrogens with zero attached hydrogens (tertiary/aromatic N) is 3. The fourth-order valence-corrected chi connectivity index (χ4v) is 3.63. The molecule has 1 N–H and O–H groups in total. The molecule has 2 aromatic carbocycles. The van der Waals surface area contributed by atoms with Gasteiger partial charge in [0, 0.05) is 17.1 Å². The number of nitrogens with one attached hydrogen (secondary N) is 1. The molecule has 0 spiro atoms. The Bertz CT molecular complexity index is 922. The second-order valence-corrected chi connectivity index (χ2v) is 8.22. The Morgan fingerprint density at radius 2 is 1.81 bits per heavy atom. The van der Waals surface area contributed by atoms with Gasteiger partial charge in [-0.1, -0.05) is 69.7 Å². The lowest BCUT2D eigenvalue weighted by molar-refractivity contribution is -0.119. The van der Waals surface area contributed by atoms with Gasteiger partial charge in [-0.15, -0.1) is 10.2 Å². The molecule has 140 valence electrons. The fourth-order valence-electron chi connectivity index (χ4n) is 2.64. The van der Waals surface area contributed by atoms with Gasteiger partial charge >= 0.3 is 0 Å². The lowest BCUT2D eigenvalue weighted by Gasteiger charge is -2.14. The van der Waals surface area contributed by atoms with E-state index in [1.807, 2.05) is 67.1 Å². The van der Waals surface area contributed by atoms with Gasteiger partial charge in [-0.3, -0.25) is 4.79 Å². The van der Waals surface area contributed by atoms with Crippen LogP contribution in [0.25, 0.3) is 11.4 Å². The van der Waals surface area contributed by atoms with Crippen molar-refractivity contribution in [2.45, 2.75) is 25.0 Å². The topological polar surface area (TPSA) is 59.8 Å². The molecule has 0 aliphatic carbocycles. The van der Waals surface area contributed by atoms with Crippen molar-refractivity contribution in [3.05, 3.63) is 64.1 Å². The van der Waals surface area contributed by atoms with Crippen molar-refractivity contribution >= 4 is 33.6 Å². The maximum Gasteiger partial charge on any atom is 0.230 e. The summed E-state index contributed by atoms with van der Waals surface area (Å²) >= 11 is 4.80. The Kier molecular flexibility index (Phi) is 6.34. The highest BCUT2D eigenvalue weighted by Crippen LogP contribution is 2.23. The molecule has 1 aromatic heterocycles. The highest BCUT2D eigenvalue weighted by molar-refractivity contribution is 9.10. The van der Waals surface area contributed by atoms with Gasteiger partial charge in [-0.25, -0.2) is 0 Å². The third kappa shape index (κ3) is 4.99. The third-order valence-electron chi connectivity index (χ3n) is 4.22. The SMILES string of the molecule is Cc1ccc(-c2nnc(SCC(=O)NC(C)c3ccc(Br)cc3)n2C)cc1. The second kappa shape index (κ2) is 8.71. The average molecular weight is 445 g/mol. The summed E-state index contributed by atoms with van der Waals surface area (Å²) in [5, 5.41) is 12.2. The molecule has 1 heterocycles. The minimum atomic E-state index is -0.0474. The van der Waals surface area contributed by atoms with E-state index in [0.29, 0.717) is 5.75 Å². The van der Waals surface area contributed by atoms with Crippen LogP contribution in [0, 0.1) is 6.92 Å². The van der Waals surface area contributed by atoms with Crippen molar-refractivity contribution in [3.8, 4) is 11.4 Å². The summed E-state index contributed by atoms with van der Waals surface area (Å²) in [7, 11) is 1.92. The van der Waals surface area contributed by atoms with Crippen molar-refractivity contribution < 1.29 is 4.79 Å². The predicted octanol–water partition coefficient (Wildman–Crippen LogP) is 4.52. The Morgan fingerprint density at radius 1 is 1.15 bits per heavy atom. The summed E-state index contributed by atoms with van der Waals surface area (Å²) in [6, 6.07) is 16.0. The number of carbonyl (C=O) groups is 1. The molecule has 0 aliphatic rings. The molecule has 1 atom stereocenters. The van der Waals surface area contributed by atoms with E-state index in [1.54, 1.807) is 0 Å². The average Bonchev–Trinajstić information content (AvgIpc) is 3.02. The van der Waals surface area contributed by atoms with Gasteiger partial charge in [0.1, 0.15) is 0 Å². The van der Waals surface area contributed by atoms with Crippen LogP contribution in [0.5, 0.6) is 0 Å². The van der Waals surface area contributed by atoms with Crippen LogP contribution < -0.4 is 5.32 Å². The number of hydrogen-bond donors (Lipinski definition) is 1. The minimum Gasteiger partial charge on any atom is -0.349 e. The summed E-state index contributed by atoms with van der Waals surface area (Å²) in [4.78, 5) is 12.3. The number of aryl methyl sites for hydroxylation is 1. The van der Waals surface area contributed by atoms with Gasteiger partial charge < -0.3 is 9.88 Å². The quantitative estimate of drug-likeness (QED) is 0.567. The zero-order valence-electron chi connectivity index (χ0n) is 15.4. The molecule has 3 aromatic rings. The molecule has 7 heteroatoms. The number of hydrogen-bond acceptors (Lipinski definition) is 4. The molecule has 0 radical (unpaired) electrons. The highest BCUT2D eigenvalue weighted by Gasteiger charge is 2.14. The van der Waals surface area contributed by atoms with E-state index in [2.05, 4.69) is 38.4 Å². The first-order valence-electron chi connectivity index (χ1n) is 8.58. The second-order valence-electron chi connectivity index (χ2n) is 6.36. The predicted molar refractivity (Wildman–Crippen MR) is 113 cm³/mol. The van der Waals surface area contributed by atoms with Crippen molar-refractivity contribution in [1.29, 1.82) is 0 Å². The smallest absolute Gasteiger partial charge is 0.230 e. The van der Waals surface area contributed by atoms with Crippen LogP contribution in [0.1, 0.15) is 24.1 Å². The molecule has 0 aliphatic heterocycles. The summed E-state index contributed by atoms with van der Waals surface area (Å²) in [6.07, 6.45) is 0. The number of thioether (sulfide) groups is 1. The molecular weight excluding hydrogens is 424 g/mol. The summed E-state index contributed by atoms with van der Waals surface area (Å²) in [6.45, 7) is 4.03. The number of benzene rings is 2. The molecule has 0 bridgehead atoms.